The highest BCUT2D eigenvalue weighted by Crippen LogP contribution is 2.24. The highest BCUT2D eigenvalue weighted by molar-refractivity contribution is 7.80. The molecule has 1 aromatic carbocycles. The Morgan fingerprint density at radius 1 is 1.32 bits per heavy atom. The molecule has 1 aliphatic carbocycles. The molecule has 3 heteroatoms. The van der Waals surface area contributed by atoms with Crippen molar-refractivity contribution in [2.45, 2.75) is 45.6 Å². The zero-order valence-corrected chi connectivity index (χ0v) is 12.5. The average Bonchev–Trinajstić information content (AvgIpc) is 2.41. The first-order chi connectivity index (χ1) is 9.16. The second-order valence-corrected chi connectivity index (χ2v) is 5.96. The van der Waals surface area contributed by atoms with Gasteiger partial charge in [-0.05, 0) is 42.9 Å². The molecular weight excluding hydrogens is 254 g/mol. The number of hydrogen-bond donors (Lipinski definition) is 1. The molecule has 19 heavy (non-hydrogen) atoms. The van der Waals surface area contributed by atoms with E-state index in [1.165, 1.54) is 43.2 Å². The predicted molar refractivity (Wildman–Crippen MR) is 83.3 cm³/mol. The van der Waals surface area contributed by atoms with Crippen molar-refractivity contribution in [3.05, 3.63) is 34.9 Å². The van der Waals surface area contributed by atoms with Crippen molar-refractivity contribution in [3.63, 3.8) is 0 Å². The lowest BCUT2D eigenvalue weighted by Gasteiger charge is -2.21. The van der Waals surface area contributed by atoms with Gasteiger partial charge in [-0.1, -0.05) is 43.6 Å². The normalized spacial score (nSPS) is 16.5. The second kappa shape index (κ2) is 7.01. The Labute approximate surface area is 121 Å². The Hall–Kier alpha value is -0.930. The van der Waals surface area contributed by atoms with Gasteiger partial charge in [0, 0.05) is 12.2 Å². The van der Waals surface area contributed by atoms with E-state index in [-0.39, 0.29) is 0 Å². The van der Waals surface area contributed by atoms with Crippen LogP contribution in [0.5, 0.6) is 0 Å². The van der Waals surface area contributed by atoms with Gasteiger partial charge in [0.1, 0.15) is 4.99 Å². The lowest BCUT2D eigenvalue weighted by atomic mass is 9.90. The quantitative estimate of drug-likeness (QED) is 0.833. The lowest BCUT2D eigenvalue weighted by molar-refractivity contribution is 0.0736. The molecule has 1 saturated carbocycles. The minimum Gasteiger partial charge on any atom is -0.389 e. The third-order valence-electron chi connectivity index (χ3n) is 3.96. The summed E-state index contributed by atoms with van der Waals surface area (Å²) in [5.41, 5.74) is 9.00. The summed E-state index contributed by atoms with van der Waals surface area (Å²) < 4.78 is 5.88. The molecule has 0 saturated heterocycles. The van der Waals surface area contributed by atoms with Gasteiger partial charge in [-0.15, -0.1) is 0 Å². The van der Waals surface area contributed by atoms with E-state index >= 15 is 0 Å². The molecule has 0 amide bonds. The molecule has 1 fully saturated rings. The first-order valence-corrected chi connectivity index (χ1v) is 7.54. The van der Waals surface area contributed by atoms with Gasteiger partial charge >= 0.3 is 0 Å². The van der Waals surface area contributed by atoms with Crippen LogP contribution in [0.25, 0.3) is 0 Å². The van der Waals surface area contributed by atoms with Crippen LogP contribution in [0.15, 0.2) is 18.2 Å². The van der Waals surface area contributed by atoms with Gasteiger partial charge < -0.3 is 10.5 Å². The Bertz CT molecular complexity index is 438. The van der Waals surface area contributed by atoms with E-state index in [1.54, 1.807) is 0 Å². The second-order valence-electron chi connectivity index (χ2n) is 5.52. The van der Waals surface area contributed by atoms with Crippen molar-refractivity contribution >= 4 is 17.2 Å². The summed E-state index contributed by atoms with van der Waals surface area (Å²) in [6.07, 6.45) is 6.81. The number of hydrogen-bond acceptors (Lipinski definition) is 2. The van der Waals surface area contributed by atoms with E-state index in [9.17, 15) is 0 Å². The van der Waals surface area contributed by atoms with Crippen molar-refractivity contribution in [2.24, 2.45) is 11.7 Å². The Balaban J connectivity index is 1.83. The molecule has 2 N–H and O–H groups in total. The van der Waals surface area contributed by atoms with Crippen molar-refractivity contribution in [2.75, 3.05) is 6.61 Å². The maximum Gasteiger partial charge on any atom is 0.103 e. The first-order valence-electron chi connectivity index (χ1n) is 7.14. The van der Waals surface area contributed by atoms with Crippen molar-refractivity contribution in [1.82, 2.24) is 0 Å². The van der Waals surface area contributed by atoms with E-state index < -0.39 is 0 Å². The summed E-state index contributed by atoms with van der Waals surface area (Å²) in [6.45, 7) is 3.68. The molecule has 1 aromatic rings. The molecule has 0 atom stereocenters. The van der Waals surface area contributed by atoms with Crippen molar-refractivity contribution < 1.29 is 4.74 Å². The largest absolute Gasteiger partial charge is 0.389 e. The van der Waals surface area contributed by atoms with Gasteiger partial charge in [0.2, 0.25) is 0 Å². The number of ether oxygens (including phenoxy) is 1. The number of aryl methyl sites for hydroxylation is 1. The number of rotatable bonds is 5. The molecule has 0 aromatic heterocycles. The van der Waals surface area contributed by atoms with E-state index in [4.69, 9.17) is 22.7 Å². The van der Waals surface area contributed by atoms with Gasteiger partial charge in [0.15, 0.2) is 0 Å². The molecule has 0 aliphatic heterocycles. The fourth-order valence-corrected chi connectivity index (χ4v) is 2.83. The van der Waals surface area contributed by atoms with Gasteiger partial charge in [-0.2, -0.15) is 0 Å². The van der Waals surface area contributed by atoms with Crippen LogP contribution in [-0.4, -0.2) is 11.6 Å². The van der Waals surface area contributed by atoms with Gasteiger partial charge in [0.25, 0.3) is 0 Å². The summed E-state index contributed by atoms with van der Waals surface area (Å²) in [5, 5.41) is 0. The Kier molecular flexibility index (Phi) is 5.34. The van der Waals surface area contributed by atoms with Crippen LogP contribution in [0.3, 0.4) is 0 Å². The molecule has 0 spiro atoms. The maximum absolute atomic E-state index is 5.88. The topological polar surface area (TPSA) is 35.2 Å². The third-order valence-corrected chi connectivity index (χ3v) is 4.20. The maximum atomic E-state index is 5.88. The van der Waals surface area contributed by atoms with E-state index in [2.05, 4.69) is 13.0 Å². The van der Waals surface area contributed by atoms with Crippen LogP contribution >= 0.6 is 12.2 Å². The van der Waals surface area contributed by atoms with Gasteiger partial charge in [-0.25, -0.2) is 0 Å². The molecule has 2 rings (SSSR count). The Morgan fingerprint density at radius 3 is 2.68 bits per heavy atom. The molecule has 0 unspecified atom stereocenters. The summed E-state index contributed by atoms with van der Waals surface area (Å²) in [6, 6.07) is 6.10. The molecular formula is C16H23NOS. The SMILES string of the molecule is Cc1cc(C(N)=S)ccc1COCC1CCCCC1. The number of thiocarbonyl (C=S) groups is 1. The molecule has 104 valence electrons. The zero-order chi connectivity index (χ0) is 13.7. The lowest BCUT2D eigenvalue weighted by Crippen LogP contribution is -2.14. The average molecular weight is 277 g/mol. The van der Waals surface area contributed by atoms with Crippen LogP contribution in [0.2, 0.25) is 0 Å². The predicted octanol–water partition coefficient (Wildman–Crippen LogP) is 3.73. The highest BCUT2D eigenvalue weighted by Gasteiger charge is 2.13. The van der Waals surface area contributed by atoms with Crippen LogP contribution in [0.4, 0.5) is 0 Å². The third kappa shape index (κ3) is 4.29. The Morgan fingerprint density at radius 2 is 2.05 bits per heavy atom. The molecule has 0 bridgehead atoms. The first kappa shape index (κ1) is 14.5. The summed E-state index contributed by atoms with van der Waals surface area (Å²) in [4.78, 5) is 0.456. The van der Waals surface area contributed by atoms with E-state index in [0.29, 0.717) is 11.6 Å². The minimum absolute atomic E-state index is 0.456. The van der Waals surface area contributed by atoms with Crippen LogP contribution in [-0.2, 0) is 11.3 Å². The van der Waals surface area contributed by atoms with Crippen LogP contribution in [0.1, 0.15) is 48.8 Å². The van der Waals surface area contributed by atoms with Crippen LogP contribution in [0, 0.1) is 12.8 Å². The van der Waals surface area contributed by atoms with E-state index in [1.807, 2.05) is 12.1 Å². The number of benzene rings is 1. The molecule has 0 radical (unpaired) electrons. The van der Waals surface area contributed by atoms with Crippen LogP contribution < -0.4 is 5.73 Å². The van der Waals surface area contributed by atoms with E-state index in [0.717, 1.165) is 18.1 Å². The van der Waals surface area contributed by atoms with Gasteiger partial charge in [-0.3, -0.25) is 0 Å². The smallest absolute Gasteiger partial charge is 0.103 e. The van der Waals surface area contributed by atoms with Gasteiger partial charge in [0.05, 0.1) is 6.61 Å². The molecule has 1 aliphatic rings. The van der Waals surface area contributed by atoms with Crippen molar-refractivity contribution in [1.29, 1.82) is 0 Å². The molecule has 0 heterocycles. The standard InChI is InChI=1S/C16H23NOS/c1-12-9-14(16(17)19)7-8-15(12)11-18-10-13-5-3-2-4-6-13/h7-9,13H,2-6,10-11H2,1H3,(H2,17,19). The monoisotopic (exact) mass is 277 g/mol. The minimum atomic E-state index is 0.456. The summed E-state index contributed by atoms with van der Waals surface area (Å²) >= 11 is 4.98. The fourth-order valence-electron chi connectivity index (χ4n) is 2.70. The summed E-state index contributed by atoms with van der Waals surface area (Å²) in [5.74, 6) is 0.768. The highest BCUT2D eigenvalue weighted by atomic mass is 32.1. The number of nitrogens with two attached hydrogens (primary N) is 1. The fraction of sp³-hybridized carbons (Fsp3) is 0.562. The van der Waals surface area contributed by atoms with Crippen molar-refractivity contribution in [3.8, 4) is 0 Å². The zero-order valence-electron chi connectivity index (χ0n) is 11.7. The summed E-state index contributed by atoms with van der Waals surface area (Å²) in [7, 11) is 0. The molecule has 2 nitrogen and oxygen atoms in total.